The van der Waals surface area contributed by atoms with Gasteiger partial charge in [-0.2, -0.15) is 5.26 Å². The number of aromatic nitrogens is 2. The minimum Gasteiger partial charge on any atom is -0.453 e. The Kier molecular flexibility index (Phi) is 4.17. The molecule has 2 heterocycles. The second-order valence-corrected chi connectivity index (χ2v) is 5.60. The van der Waals surface area contributed by atoms with Crippen LogP contribution in [0.15, 0.2) is 46.6 Å². The van der Waals surface area contributed by atoms with Crippen molar-refractivity contribution in [1.82, 2.24) is 9.55 Å². The minimum atomic E-state index is -0.481. The first-order valence-corrected chi connectivity index (χ1v) is 7.64. The van der Waals surface area contributed by atoms with Gasteiger partial charge in [-0.1, -0.05) is 18.2 Å². The quantitative estimate of drug-likeness (QED) is 0.687. The van der Waals surface area contributed by atoms with Crippen LogP contribution in [0.5, 0.6) is 0 Å². The summed E-state index contributed by atoms with van der Waals surface area (Å²) in [5.74, 6) is -0.230. The Morgan fingerprint density at radius 3 is 2.87 bits per heavy atom. The fourth-order valence-corrected chi connectivity index (χ4v) is 2.77. The molecule has 0 aliphatic carbocycles. The van der Waals surface area contributed by atoms with Gasteiger partial charge in [0.05, 0.1) is 17.0 Å². The van der Waals surface area contributed by atoms with Gasteiger partial charge < -0.3 is 4.74 Å². The maximum Gasteiger partial charge on any atom is 0.348 e. The van der Waals surface area contributed by atoms with Gasteiger partial charge in [0.25, 0.3) is 5.56 Å². The van der Waals surface area contributed by atoms with Gasteiger partial charge >= 0.3 is 5.97 Å². The average molecular weight is 325 g/mol. The van der Waals surface area contributed by atoms with Crippen LogP contribution in [0.4, 0.5) is 0 Å². The molecule has 0 radical (unpaired) electrons. The van der Waals surface area contributed by atoms with Crippen LogP contribution < -0.4 is 5.56 Å². The molecule has 0 spiro atoms. The third kappa shape index (κ3) is 2.98. The van der Waals surface area contributed by atoms with E-state index in [-0.39, 0.29) is 24.5 Å². The number of fused-ring (bicyclic) bond motifs is 1. The number of benzene rings is 1. The van der Waals surface area contributed by atoms with Crippen LogP contribution in [0.2, 0.25) is 0 Å². The molecule has 0 amide bonds. The van der Waals surface area contributed by atoms with E-state index in [9.17, 15) is 9.59 Å². The standard InChI is InChI=1S/C16H11N3O3S/c17-7-8-19-14(10-22-16(21)13-6-3-9-23-13)18-12-5-2-1-4-11(12)15(19)20/h1-6,9H,8,10H2. The number of rotatable bonds is 4. The maximum absolute atomic E-state index is 12.4. The Labute approximate surface area is 135 Å². The van der Waals surface area contributed by atoms with E-state index < -0.39 is 5.97 Å². The summed E-state index contributed by atoms with van der Waals surface area (Å²) < 4.78 is 6.43. The second kappa shape index (κ2) is 6.42. The molecule has 7 heteroatoms. The van der Waals surface area contributed by atoms with Gasteiger partial charge in [0.1, 0.15) is 18.0 Å². The van der Waals surface area contributed by atoms with Crippen molar-refractivity contribution >= 4 is 28.2 Å². The second-order valence-electron chi connectivity index (χ2n) is 4.65. The highest BCUT2D eigenvalue weighted by Crippen LogP contribution is 2.12. The van der Waals surface area contributed by atoms with Gasteiger partial charge in [-0.3, -0.25) is 9.36 Å². The first kappa shape index (κ1) is 14.9. The molecule has 0 aliphatic rings. The van der Waals surface area contributed by atoms with Crippen LogP contribution in [-0.2, 0) is 17.9 Å². The van der Waals surface area contributed by atoms with E-state index in [4.69, 9.17) is 10.00 Å². The summed E-state index contributed by atoms with van der Waals surface area (Å²) in [6.45, 7) is -0.318. The lowest BCUT2D eigenvalue weighted by atomic mass is 10.2. The minimum absolute atomic E-state index is 0.150. The Balaban J connectivity index is 1.96. The third-order valence-electron chi connectivity index (χ3n) is 3.22. The van der Waals surface area contributed by atoms with Crippen LogP contribution in [-0.4, -0.2) is 15.5 Å². The van der Waals surface area contributed by atoms with E-state index in [1.807, 2.05) is 6.07 Å². The molecule has 0 N–H and O–H groups in total. The average Bonchev–Trinajstić information content (AvgIpc) is 3.10. The number of para-hydroxylation sites is 1. The fraction of sp³-hybridized carbons (Fsp3) is 0.125. The molecule has 0 aliphatic heterocycles. The van der Waals surface area contributed by atoms with E-state index in [1.165, 1.54) is 15.9 Å². The zero-order valence-corrected chi connectivity index (χ0v) is 12.7. The van der Waals surface area contributed by atoms with E-state index in [1.54, 1.807) is 41.8 Å². The molecule has 0 unspecified atom stereocenters. The van der Waals surface area contributed by atoms with Gasteiger partial charge in [0.15, 0.2) is 5.82 Å². The highest BCUT2D eigenvalue weighted by atomic mass is 32.1. The maximum atomic E-state index is 12.4. The van der Waals surface area contributed by atoms with Crippen LogP contribution in [0.1, 0.15) is 15.5 Å². The van der Waals surface area contributed by atoms with Crippen molar-refractivity contribution in [3.63, 3.8) is 0 Å². The summed E-state index contributed by atoms with van der Waals surface area (Å²) in [7, 11) is 0. The summed E-state index contributed by atoms with van der Waals surface area (Å²) in [5.41, 5.74) is 0.188. The Morgan fingerprint density at radius 2 is 2.13 bits per heavy atom. The molecule has 0 saturated carbocycles. The van der Waals surface area contributed by atoms with Gasteiger partial charge in [-0.25, -0.2) is 9.78 Å². The van der Waals surface area contributed by atoms with Gasteiger partial charge in [0, 0.05) is 0 Å². The number of carbonyl (C=O) groups is 1. The molecule has 114 valence electrons. The lowest BCUT2D eigenvalue weighted by Crippen LogP contribution is -2.26. The van der Waals surface area contributed by atoms with Crippen LogP contribution in [0, 0.1) is 11.3 Å². The molecule has 2 aromatic heterocycles. The van der Waals surface area contributed by atoms with Crippen molar-refractivity contribution < 1.29 is 9.53 Å². The van der Waals surface area contributed by atoms with E-state index in [0.717, 1.165) is 0 Å². The highest BCUT2D eigenvalue weighted by molar-refractivity contribution is 7.11. The van der Waals surface area contributed by atoms with E-state index in [0.29, 0.717) is 15.8 Å². The Hall–Kier alpha value is -2.98. The molecule has 3 aromatic rings. The number of thiophene rings is 1. The summed E-state index contributed by atoms with van der Waals surface area (Å²) in [4.78, 5) is 29.2. The van der Waals surface area contributed by atoms with E-state index in [2.05, 4.69) is 4.98 Å². The third-order valence-corrected chi connectivity index (χ3v) is 4.07. The molecule has 0 atom stereocenters. The molecule has 6 nitrogen and oxygen atoms in total. The van der Waals surface area contributed by atoms with Crippen molar-refractivity contribution in [1.29, 1.82) is 5.26 Å². The number of hydrogen-bond acceptors (Lipinski definition) is 6. The lowest BCUT2D eigenvalue weighted by molar-refractivity contribution is 0.0463. The smallest absolute Gasteiger partial charge is 0.348 e. The normalized spacial score (nSPS) is 10.4. The molecule has 0 fully saturated rings. The first-order chi connectivity index (χ1) is 11.2. The van der Waals surface area contributed by atoms with Crippen molar-refractivity contribution in [2.75, 3.05) is 0 Å². The summed E-state index contributed by atoms with van der Waals surface area (Å²) in [6, 6.07) is 12.2. The summed E-state index contributed by atoms with van der Waals surface area (Å²) in [5, 5.41) is 11.1. The monoisotopic (exact) mass is 325 g/mol. The predicted molar refractivity (Wildman–Crippen MR) is 85.1 cm³/mol. The molecule has 1 aromatic carbocycles. The molecular weight excluding hydrogens is 314 g/mol. The zero-order valence-electron chi connectivity index (χ0n) is 11.9. The predicted octanol–water partition coefficient (Wildman–Crippen LogP) is 2.34. The first-order valence-electron chi connectivity index (χ1n) is 6.76. The number of hydrogen-bond donors (Lipinski definition) is 0. The molecule has 0 saturated heterocycles. The summed E-state index contributed by atoms with van der Waals surface area (Å²) >= 11 is 1.27. The van der Waals surface area contributed by atoms with Crippen LogP contribution in [0.3, 0.4) is 0 Å². The fourth-order valence-electron chi connectivity index (χ4n) is 2.15. The van der Waals surface area contributed by atoms with Gasteiger partial charge in [0.2, 0.25) is 0 Å². The van der Waals surface area contributed by atoms with Crippen LogP contribution >= 0.6 is 11.3 Å². The Bertz CT molecular complexity index is 955. The van der Waals surface area contributed by atoms with Gasteiger partial charge in [-0.05, 0) is 23.6 Å². The largest absolute Gasteiger partial charge is 0.453 e. The van der Waals surface area contributed by atoms with Crippen LogP contribution in [0.25, 0.3) is 10.9 Å². The van der Waals surface area contributed by atoms with Gasteiger partial charge in [-0.15, -0.1) is 11.3 Å². The topological polar surface area (TPSA) is 85.0 Å². The molecule has 3 rings (SSSR count). The Morgan fingerprint density at radius 1 is 1.30 bits per heavy atom. The van der Waals surface area contributed by atoms with Crippen molar-refractivity contribution in [2.45, 2.75) is 13.2 Å². The number of nitriles is 1. The summed E-state index contributed by atoms with van der Waals surface area (Å²) in [6.07, 6.45) is 0. The highest BCUT2D eigenvalue weighted by Gasteiger charge is 2.14. The van der Waals surface area contributed by atoms with Crippen molar-refractivity contribution in [3.8, 4) is 6.07 Å². The number of esters is 1. The zero-order chi connectivity index (χ0) is 16.2. The number of nitrogens with zero attached hydrogens (tertiary/aromatic N) is 3. The number of carbonyl (C=O) groups excluding carboxylic acids is 1. The number of ether oxygens (including phenoxy) is 1. The van der Waals surface area contributed by atoms with Crippen molar-refractivity contribution in [2.24, 2.45) is 0 Å². The van der Waals surface area contributed by atoms with E-state index >= 15 is 0 Å². The lowest BCUT2D eigenvalue weighted by Gasteiger charge is -2.10. The molecule has 0 bridgehead atoms. The molecular formula is C16H11N3O3S. The van der Waals surface area contributed by atoms with Crippen molar-refractivity contribution in [3.05, 3.63) is 62.8 Å². The SMILES string of the molecule is N#CCn1c(COC(=O)c2cccs2)nc2ccccc2c1=O. The molecule has 23 heavy (non-hydrogen) atoms.